The van der Waals surface area contributed by atoms with E-state index in [0.717, 1.165) is 43.5 Å². The molecule has 0 aromatic heterocycles. The van der Waals surface area contributed by atoms with Gasteiger partial charge in [-0.3, -0.25) is 14.9 Å². The van der Waals surface area contributed by atoms with E-state index in [9.17, 15) is 18.4 Å². The Bertz CT molecular complexity index is 502. The quantitative estimate of drug-likeness (QED) is 0.683. The predicted octanol–water partition coefficient (Wildman–Crippen LogP) is 5.00. The van der Waals surface area contributed by atoms with Gasteiger partial charge < -0.3 is 0 Å². The van der Waals surface area contributed by atoms with Crippen molar-refractivity contribution in [2.24, 2.45) is 0 Å². The highest BCUT2D eigenvalue weighted by Crippen LogP contribution is 2.11. The molecular formula is C16H19F2NO2S. The van der Waals surface area contributed by atoms with Crippen LogP contribution in [0.15, 0.2) is 42.5 Å². The van der Waals surface area contributed by atoms with Gasteiger partial charge in [0.25, 0.3) is 17.2 Å². The van der Waals surface area contributed by atoms with Crippen LogP contribution in [0.25, 0.3) is 0 Å². The van der Waals surface area contributed by atoms with Crippen LogP contribution in [0, 0.1) is 0 Å². The van der Waals surface area contributed by atoms with Gasteiger partial charge in [0.2, 0.25) is 0 Å². The Morgan fingerprint density at radius 2 is 1.73 bits per heavy atom. The summed E-state index contributed by atoms with van der Waals surface area (Å²) in [6, 6.07) is 8.54. The normalized spacial score (nSPS) is 10.1. The minimum Gasteiger partial charge on any atom is -0.283 e. The van der Waals surface area contributed by atoms with E-state index in [1.807, 2.05) is 0 Å². The number of amides is 2. The smallest absolute Gasteiger partial charge is 0.283 e. The molecule has 22 heavy (non-hydrogen) atoms. The van der Waals surface area contributed by atoms with E-state index in [4.69, 9.17) is 0 Å². The molecule has 0 fully saturated rings. The molecule has 0 aliphatic rings. The number of imide groups is 1. The minimum atomic E-state index is -1.63. The van der Waals surface area contributed by atoms with E-state index >= 15 is 0 Å². The summed E-state index contributed by atoms with van der Waals surface area (Å²) >= 11 is 1.07. The Morgan fingerprint density at radius 1 is 1.05 bits per heavy atom. The summed E-state index contributed by atoms with van der Waals surface area (Å²) in [7, 11) is 0. The zero-order chi connectivity index (χ0) is 16.2. The summed E-state index contributed by atoms with van der Waals surface area (Å²) in [5.74, 6) is 0.208. The summed E-state index contributed by atoms with van der Waals surface area (Å²) in [5, 5.41) is 1.95. The highest BCUT2D eigenvalue weighted by Gasteiger charge is 2.09. The van der Waals surface area contributed by atoms with E-state index < -0.39 is 12.0 Å². The monoisotopic (exact) mass is 327 g/mol. The van der Waals surface area contributed by atoms with Crippen molar-refractivity contribution in [3.05, 3.63) is 48.1 Å². The van der Waals surface area contributed by atoms with Gasteiger partial charge in [-0.05, 0) is 37.5 Å². The van der Waals surface area contributed by atoms with Crippen LogP contribution in [0.5, 0.6) is 0 Å². The van der Waals surface area contributed by atoms with Crippen molar-refractivity contribution in [2.75, 3.05) is 5.75 Å². The number of hydrogen-bond donors (Lipinski definition) is 1. The van der Waals surface area contributed by atoms with Crippen molar-refractivity contribution >= 4 is 22.9 Å². The van der Waals surface area contributed by atoms with Gasteiger partial charge in [0, 0.05) is 11.3 Å². The summed E-state index contributed by atoms with van der Waals surface area (Å²) in [6.45, 7) is 0. The summed E-state index contributed by atoms with van der Waals surface area (Å²) in [6.07, 6.45) is 2.97. The second kappa shape index (κ2) is 11.0. The zero-order valence-corrected chi connectivity index (χ0v) is 13.0. The van der Waals surface area contributed by atoms with Crippen molar-refractivity contribution in [3.63, 3.8) is 0 Å². The molecule has 0 unspecified atom stereocenters. The lowest BCUT2D eigenvalue weighted by atomic mass is 10.1. The largest absolute Gasteiger partial charge is 0.285 e. The van der Waals surface area contributed by atoms with Crippen LogP contribution in [-0.2, 0) is 0 Å². The Morgan fingerprint density at radius 3 is 2.41 bits per heavy atom. The zero-order valence-electron chi connectivity index (χ0n) is 12.2. The number of benzene rings is 1. The van der Waals surface area contributed by atoms with E-state index in [1.54, 1.807) is 30.3 Å². The molecule has 0 bridgehead atoms. The SMILES string of the molecule is O=C(NC(=O)c1ccccc1)SCCCCCCC=C(F)F. The number of halogens is 2. The van der Waals surface area contributed by atoms with E-state index in [-0.39, 0.29) is 5.24 Å². The molecule has 6 heteroatoms. The van der Waals surface area contributed by atoms with Crippen LogP contribution < -0.4 is 5.32 Å². The standard InChI is InChI=1S/C16H19F2NO2S/c17-14(18)11-7-2-1-3-8-12-22-16(21)19-15(20)13-9-5-4-6-10-13/h4-6,9-11H,1-3,7-8,12H2,(H,19,20,21). The highest BCUT2D eigenvalue weighted by molar-refractivity contribution is 8.13. The van der Waals surface area contributed by atoms with Crippen molar-refractivity contribution < 1.29 is 18.4 Å². The lowest BCUT2D eigenvalue weighted by Gasteiger charge is -2.03. The molecule has 2 amide bonds. The van der Waals surface area contributed by atoms with Crippen LogP contribution in [-0.4, -0.2) is 16.9 Å². The first-order valence-corrected chi connectivity index (χ1v) is 8.12. The molecule has 120 valence electrons. The predicted molar refractivity (Wildman–Crippen MR) is 85.1 cm³/mol. The van der Waals surface area contributed by atoms with E-state index in [1.165, 1.54) is 0 Å². The van der Waals surface area contributed by atoms with Crippen molar-refractivity contribution in [2.45, 2.75) is 32.1 Å². The number of rotatable bonds is 8. The first-order valence-electron chi connectivity index (χ1n) is 7.14. The maximum Gasteiger partial charge on any atom is 0.285 e. The third kappa shape index (κ3) is 8.56. The number of carbonyl (C=O) groups excluding carboxylic acids is 2. The number of hydrogen-bond acceptors (Lipinski definition) is 3. The topological polar surface area (TPSA) is 46.2 Å². The second-order valence-electron chi connectivity index (χ2n) is 4.65. The first-order chi connectivity index (χ1) is 10.6. The first kappa shape index (κ1) is 18.4. The molecule has 0 aliphatic carbocycles. The number of thioether (sulfide) groups is 1. The van der Waals surface area contributed by atoms with E-state index in [2.05, 4.69) is 5.32 Å². The fourth-order valence-corrected chi connectivity index (χ4v) is 2.47. The number of nitrogens with one attached hydrogen (secondary N) is 1. The van der Waals surface area contributed by atoms with Gasteiger partial charge >= 0.3 is 0 Å². The molecular weight excluding hydrogens is 308 g/mol. The molecule has 0 saturated heterocycles. The molecule has 1 rings (SSSR count). The van der Waals surface area contributed by atoms with Crippen LogP contribution in [0.3, 0.4) is 0 Å². The van der Waals surface area contributed by atoms with Gasteiger partial charge in [0.15, 0.2) is 0 Å². The van der Waals surface area contributed by atoms with Gasteiger partial charge in [-0.15, -0.1) is 0 Å². The minimum absolute atomic E-state index is 0.365. The molecule has 3 nitrogen and oxygen atoms in total. The van der Waals surface area contributed by atoms with Crippen molar-refractivity contribution in [1.82, 2.24) is 5.32 Å². The Kier molecular flexibility index (Phi) is 9.14. The third-order valence-corrected chi connectivity index (χ3v) is 3.74. The highest BCUT2D eigenvalue weighted by atomic mass is 32.2. The van der Waals surface area contributed by atoms with Gasteiger partial charge in [0.1, 0.15) is 0 Å². The van der Waals surface area contributed by atoms with E-state index in [0.29, 0.717) is 17.7 Å². The molecule has 1 aromatic rings. The molecule has 0 saturated carbocycles. The number of unbranched alkanes of at least 4 members (excludes halogenated alkanes) is 4. The Balaban J connectivity index is 2.07. The molecule has 1 aromatic carbocycles. The lowest BCUT2D eigenvalue weighted by molar-refractivity contribution is 0.0969. The number of carbonyl (C=O) groups is 2. The second-order valence-corrected chi connectivity index (χ2v) is 5.72. The van der Waals surface area contributed by atoms with Crippen LogP contribution >= 0.6 is 11.8 Å². The van der Waals surface area contributed by atoms with Crippen molar-refractivity contribution in [3.8, 4) is 0 Å². The molecule has 0 heterocycles. The van der Waals surface area contributed by atoms with Gasteiger partial charge in [-0.1, -0.05) is 42.8 Å². The average molecular weight is 327 g/mol. The van der Waals surface area contributed by atoms with Gasteiger partial charge in [0.05, 0.1) is 0 Å². The maximum atomic E-state index is 11.8. The fraction of sp³-hybridized carbons (Fsp3) is 0.375. The Hall–Kier alpha value is -1.69. The molecule has 0 radical (unpaired) electrons. The third-order valence-electron chi connectivity index (χ3n) is 2.88. The van der Waals surface area contributed by atoms with Gasteiger partial charge in [-0.2, -0.15) is 8.78 Å². The molecule has 0 atom stereocenters. The van der Waals surface area contributed by atoms with Crippen LogP contribution in [0.4, 0.5) is 13.6 Å². The summed E-state index contributed by atoms with van der Waals surface area (Å²) < 4.78 is 23.5. The average Bonchev–Trinajstić information content (AvgIpc) is 2.50. The van der Waals surface area contributed by atoms with Crippen LogP contribution in [0.2, 0.25) is 0 Å². The molecule has 0 spiro atoms. The van der Waals surface area contributed by atoms with Crippen LogP contribution in [0.1, 0.15) is 42.5 Å². The summed E-state index contributed by atoms with van der Waals surface area (Å²) in [4.78, 5) is 23.3. The van der Waals surface area contributed by atoms with Gasteiger partial charge in [-0.25, -0.2) is 0 Å². The fourth-order valence-electron chi connectivity index (χ4n) is 1.77. The molecule has 0 aliphatic heterocycles. The maximum absolute atomic E-state index is 11.8. The van der Waals surface area contributed by atoms with Crippen molar-refractivity contribution in [1.29, 1.82) is 0 Å². The Labute approximate surface area is 133 Å². The number of allylic oxidation sites excluding steroid dienone is 1. The lowest BCUT2D eigenvalue weighted by Crippen LogP contribution is -2.27. The molecule has 1 N–H and O–H groups in total. The summed E-state index contributed by atoms with van der Waals surface area (Å²) in [5.41, 5.74) is 0.449.